The number of halogens is 2. The minimum atomic E-state index is -0.880. The number of thioether (sulfide) groups is 1. The second-order valence-corrected chi connectivity index (χ2v) is 8.31. The fourth-order valence-electron chi connectivity index (χ4n) is 4.72. The minimum absolute atomic E-state index is 0.0483. The fourth-order valence-corrected chi connectivity index (χ4v) is 5.42. The Morgan fingerprint density at radius 2 is 2.22 bits per heavy atom. The summed E-state index contributed by atoms with van der Waals surface area (Å²) in [5.41, 5.74) is 2.07. The van der Waals surface area contributed by atoms with Crippen molar-refractivity contribution in [2.24, 2.45) is 5.92 Å². The van der Waals surface area contributed by atoms with E-state index in [-0.39, 0.29) is 28.7 Å². The molecule has 3 aromatic heterocycles. The van der Waals surface area contributed by atoms with Crippen molar-refractivity contribution in [3.63, 3.8) is 0 Å². The predicted molar refractivity (Wildman–Crippen MR) is 102 cm³/mol. The summed E-state index contributed by atoms with van der Waals surface area (Å²) in [4.78, 5) is 21.5. The summed E-state index contributed by atoms with van der Waals surface area (Å²) < 4.78 is 16.8. The molecule has 3 unspecified atom stereocenters. The summed E-state index contributed by atoms with van der Waals surface area (Å²) in [5, 5.41) is 11.5. The van der Waals surface area contributed by atoms with E-state index in [1.807, 2.05) is 19.2 Å². The van der Waals surface area contributed by atoms with E-state index in [2.05, 4.69) is 14.5 Å². The van der Waals surface area contributed by atoms with Crippen LogP contribution >= 0.6 is 23.4 Å². The van der Waals surface area contributed by atoms with Crippen LogP contribution in [0.5, 0.6) is 0 Å². The highest BCUT2D eigenvalue weighted by Crippen LogP contribution is 2.52. The van der Waals surface area contributed by atoms with Crippen molar-refractivity contribution in [2.75, 3.05) is 12.8 Å². The van der Waals surface area contributed by atoms with Gasteiger partial charge in [0.1, 0.15) is 10.5 Å². The van der Waals surface area contributed by atoms with Crippen LogP contribution in [0.3, 0.4) is 0 Å². The molecule has 2 saturated heterocycles. The molecule has 0 spiro atoms. The molecular weight excluding hydrogens is 391 g/mol. The minimum Gasteiger partial charge on any atom is -0.465 e. The molecule has 3 aliphatic rings. The molecule has 1 saturated carbocycles. The van der Waals surface area contributed by atoms with Gasteiger partial charge in [-0.25, -0.2) is 19.2 Å². The van der Waals surface area contributed by atoms with Crippen molar-refractivity contribution in [2.45, 2.75) is 30.5 Å². The number of aryl methyl sites for hydroxylation is 1. The van der Waals surface area contributed by atoms with Gasteiger partial charge in [0, 0.05) is 35.1 Å². The highest BCUT2D eigenvalue weighted by atomic mass is 35.5. The van der Waals surface area contributed by atoms with E-state index in [1.165, 1.54) is 16.7 Å². The Morgan fingerprint density at radius 1 is 1.44 bits per heavy atom. The molecule has 1 aliphatic carbocycles. The molecule has 6 nitrogen and oxygen atoms in total. The Hall–Kier alpha value is -2.06. The molecule has 1 amide bonds. The molecule has 140 valence electrons. The zero-order valence-corrected chi connectivity index (χ0v) is 16.2. The van der Waals surface area contributed by atoms with Crippen molar-refractivity contribution < 1.29 is 14.3 Å². The van der Waals surface area contributed by atoms with Crippen LogP contribution in [0, 0.1) is 18.7 Å². The van der Waals surface area contributed by atoms with E-state index in [0.29, 0.717) is 11.9 Å². The third kappa shape index (κ3) is 2.17. The number of aromatic nitrogens is 3. The highest BCUT2D eigenvalue weighted by Gasteiger charge is 2.55. The number of hydrogen-bond donors (Lipinski definition) is 1. The Balaban J connectivity index is 1.82. The number of carbonyl (C=O) groups is 1. The smallest absolute Gasteiger partial charge is 0.407 e. The molecule has 0 radical (unpaired) electrons. The average molecular weight is 407 g/mol. The van der Waals surface area contributed by atoms with E-state index in [1.54, 1.807) is 6.20 Å². The third-order valence-corrected chi connectivity index (χ3v) is 6.83. The molecule has 6 rings (SSSR count). The molecule has 0 aromatic carbocycles. The van der Waals surface area contributed by atoms with Crippen LogP contribution in [0.15, 0.2) is 17.3 Å². The Bertz CT molecular complexity index is 1130. The van der Waals surface area contributed by atoms with Gasteiger partial charge in [-0.3, -0.25) is 0 Å². The van der Waals surface area contributed by atoms with E-state index in [9.17, 15) is 14.3 Å². The SMILES string of the molecule is CSc1nc2c(F)c(Cl)ncc2c2c1cc(C)n2C1C2CC1N(C(=O)O)C2. The van der Waals surface area contributed by atoms with E-state index in [0.717, 1.165) is 28.0 Å². The quantitative estimate of drug-likeness (QED) is 0.506. The van der Waals surface area contributed by atoms with Crippen LogP contribution in [0.2, 0.25) is 5.15 Å². The van der Waals surface area contributed by atoms with Crippen molar-refractivity contribution in [1.29, 1.82) is 0 Å². The summed E-state index contributed by atoms with van der Waals surface area (Å²) in [7, 11) is 0. The largest absolute Gasteiger partial charge is 0.465 e. The second-order valence-electron chi connectivity index (χ2n) is 7.15. The maximum Gasteiger partial charge on any atom is 0.407 e. The molecule has 3 fully saturated rings. The maximum atomic E-state index is 14.7. The number of fused-ring (bicyclic) bond motifs is 4. The Morgan fingerprint density at radius 3 is 2.89 bits per heavy atom. The summed E-state index contributed by atoms with van der Waals surface area (Å²) in [5.74, 6) is -0.355. The van der Waals surface area contributed by atoms with Gasteiger partial charge in [-0.15, -0.1) is 11.8 Å². The maximum absolute atomic E-state index is 14.7. The predicted octanol–water partition coefficient (Wildman–Crippen LogP) is 4.33. The topological polar surface area (TPSA) is 71.2 Å². The first-order valence-corrected chi connectivity index (χ1v) is 10.2. The lowest BCUT2D eigenvalue weighted by Crippen LogP contribution is -2.42. The van der Waals surface area contributed by atoms with E-state index in [4.69, 9.17) is 11.6 Å². The summed E-state index contributed by atoms with van der Waals surface area (Å²) in [6, 6.07) is 2.05. The number of pyridine rings is 2. The summed E-state index contributed by atoms with van der Waals surface area (Å²) >= 11 is 7.33. The zero-order valence-electron chi connectivity index (χ0n) is 14.6. The Labute approximate surface area is 163 Å². The van der Waals surface area contributed by atoms with Gasteiger partial charge in [-0.2, -0.15) is 0 Å². The number of amides is 1. The van der Waals surface area contributed by atoms with Gasteiger partial charge in [0.25, 0.3) is 0 Å². The van der Waals surface area contributed by atoms with Gasteiger partial charge in [0.05, 0.1) is 17.6 Å². The first-order chi connectivity index (χ1) is 12.9. The first-order valence-electron chi connectivity index (χ1n) is 8.61. The molecule has 1 N–H and O–H groups in total. The number of hydrogen-bond acceptors (Lipinski definition) is 4. The standard InChI is InChI=1S/C18H16ClFN4O2S/c1-7-3-9-15(24(7)14-8-4-11(14)23(6-8)18(25)26)10-5-21-16(19)12(20)13(10)22-17(9)27-2/h3,5,8,11,14H,4,6H2,1-2H3,(H,25,26). The van der Waals surface area contributed by atoms with Crippen LogP contribution in [-0.4, -0.2) is 49.5 Å². The van der Waals surface area contributed by atoms with Crippen LogP contribution in [0.4, 0.5) is 9.18 Å². The highest BCUT2D eigenvalue weighted by molar-refractivity contribution is 7.98. The van der Waals surface area contributed by atoms with E-state index >= 15 is 0 Å². The summed E-state index contributed by atoms with van der Waals surface area (Å²) in [6.45, 7) is 2.54. The van der Waals surface area contributed by atoms with Gasteiger partial charge in [-0.1, -0.05) is 11.6 Å². The monoisotopic (exact) mass is 406 g/mol. The molecule has 3 atom stereocenters. The molecule has 27 heavy (non-hydrogen) atoms. The molecule has 3 aromatic rings. The van der Waals surface area contributed by atoms with Crippen molar-refractivity contribution in [1.82, 2.24) is 19.4 Å². The van der Waals surface area contributed by atoms with E-state index < -0.39 is 11.9 Å². The molecule has 5 heterocycles. The van der Waals surface area contributed by atoms with Crippen LogP contribution in [0.1, 0.15) is 18.2 Å². The van der Waals surface area contributed by atoms with Gasteiger partial charge in [0.2, 0.25) is 0 Å². The van der Waals surface area contributed by atoms with Crippen LogP contribution in [0.25, 0.3) is 21.8 Å². The lowest BCUT2D eigenvalue weighted by molar-refractivity contribution is 0.124. The number of nitrogens with zero attached hydrogens (tertiary/aromatic N) is 4. The van der Waals surface area contributed by atoms with Crippen molar-refractivity contribution >= 4 is 51.3 Å². The van der Waals surface area contributed by atoms with Gasteiger partial charge < -0.3 is 14.6 Å². The fraction of sp³-hybridized carbons (Fsp3) is 0.389. The third-order valence-electron chi connectivity index (χ3n) is 5.87. The lowest BCUT2D eigenvalue weighted by Gasteiger charge is -2.38. The first kappa shape index (κ1) is 17.1. The van der Waals surface area contributed by atoms with Crippen molar-refractivity contribution in [3.05, 3.63) is 28.9 Å². The molecule has 9 heteroatoms. The van der Waals surface area contributed by atoms with Crippen molar-refractivity contribution in [3.8, 4) is 0 Å². The summed E-state index contributed by atoms with van der Waals surface area (Å²) in [6.07, 6.45) is 3.45. The number of rotatable bonds is 2. The van der Waals surface area contributed by atoms with Gasteiger partial charge in [0.15, 0.2) is 11.0 Å². The van der Waals surface area contributed by atoms with Gasteiger partial charge >= 0.3 is 6.09 Å². The molecule has 2 aliphatic heterocycles. The normalized spacial score (nSPS) is 24.0. The number of carboxylic acid groups (broad SMARTS) is 1. The zero-order chi connectivity index (χ0) is 19.0. The molecule has 2 bridgehead atoms. The second kappa shape index (κ2) is 5.72. The molecular formula is C18H16ClFN4O2S. The van der Waals surface area contributed by atoms with Gasteiger partial charge in [-0.05, 0) is 25.7 Å². The van der Waals surface area contributed by atoms with Crippen LogP contribution in [-0.2, 0) is 0 Å². The average Bonchev–Trinajstić information content (AvgIpc) is 3.30. The lowest BCUT2D eigenvalue weighted by atomic mass is 9.79. The van der Waals surface area contributed by atoms with Crippen LogP contribution < -0.4 is 0 Å². The Kier molecular flexibility index (Phi) is 3.61.